The summed E-state index contributed by atoms with van der Waals surface area (Å²) in [5, 5.41) is 4.02. The average molecular weight is 270 g/mol. The molecule has 0 unspecified atom stereocenters. The fraction of sp³-hybridized carbons (Fsp3) is 0.538. The zero-order valence-electron chi connectivity index (χ0n) is 11.2. The molecule has 0 saturated carbocycles. The summed E-state index contributed by atoms with van der Waals surface area (Å²) < 4.78 is 5.37. The van der Waals surface area contributed by atoms with Crippen LogP contribution < -0.4 is 19.9 Å². The smallest absolute Gasteiger partial charge is 0.141 e. The Kier molecular flexibility index (Phi) is 4.19. The van der Waals surface area contributed by atoms with Crippen LogP contribution in [-0.4, -0.2) is 47.4 Å². The predicted octanol–water partition coefficient (Wildman–Crippen LogP) is 1.82. The van der Waals surface area contributed by atoms with Crippen LogP contribution >= 0.6 is 11.6 Å². The molecule has 1 N–H and O–H groups in total. The van der Waals surface area contributed by atoms with Crippen LogP contribution in [0.1, 0.15) is 0 Å². The second-order valence-corrected chi connectivity index (χ2v) is 4.99. The molecule has 0 radical (unpaired) electrons. The summed E-state index contributed by atoms with van der Waals surface area (Å²) in [5.41, 5.74) is 2.16. The van der Waals surface area contributed by atoms with Gasteiger partial charge in [-0.2, -0.15) is 0 Å². The summed E-state index contributed by atoms with van der Waals surface area (Å²) >= 11 is 6.32. The summed E-state index contributed by atoms with van der Waals surface area (Å²) in [6.07, 6.45) is 0. The lowest BCUT2D eigenvalue weighted by atomic mass is 10.2. The van der Waals surface area contributed by atoms with Gasteiger partial charge in [-0.1, -0.05) is 11.6 Å². The van der Waals surface area contributed by atoms with Crippen LogP contribution in [0.3, 0.4) is 0 Å². The summed E-state index contributed by atoms with van der Waals surface area (Å²) in [5.74, 6) is 0.733. The Balaban J connectivity index is 2.37. The molecule has 1 fully saturated rings. The zero-order chi connectivity index (χ0) is 13.1. The van der Waals surface area contributed by atoms with Crippen molar-refractivity contribution < 1.29 is 4.74 Å². The lowest BCUT2D eigenvalue weighted by molar-refractivity contribution is 0.415. The van der Waals surface area contributed by atoms with Gasteiger partial charge in [-0.25, -0.2) is 0 Å². The maximum Gasteiger partial charge on any atom is 0.141 e. The molecule has 0 bridgehead atoms. The number of nitrogens with zero attached hydrogens (tertiary/aromatic N) is 2. The van der Waals surface area contributed by atoms with Crippen LogP contribution in [0.15, 0.2) is 12.1 Å². The predicted molar refractivity (Wildman–Crippen MR) is 77.4 cm³/mol. The second-order valence-electron chi connectivity index (χ2n) is 4.61. The van der Waals surface area contributed by atoms with Crippen molar-refractivity contribution in [2.75, 3.05) is 57.2 Å². The van der Waals surface area contributed by atoms with E-state index >= 15 is 0 Å². The van der Waals surface area contributed by atoms with E-state index in [1.54, 1.807) is 7.11 Å². The average Bonchev–Trinajstić information content (AvgIpc) is 2.39. The van der Waals surface area contributed by atoms with Crippen molar-refractivity contribution >= 4 is 23.0 Å². The minimum Gasteiger partial charge on any atom is -0.495 e. The minimum absolute atomic E-state index is 0.668. The molecule has 100 valence electrons. The van der Waals surface area contributed by atoms with Crippen LogP contribution in [0.2, 0.25) is 5.02 Å². The number of piperazine rings is 1. The third-order valence-corrected chi connectivity index (χ3v) is 3.57. The number of methoxy groups -OCH3 is 1. The highest BCUT2D eigenvalue weighted by Crippen LogP contribution is 2.38. The lowest BCUT2D eigenvalue weighted by Gasteiger charge is -2.31. The topological polar surface area (TPSA) is 27.7 Å². The quantitative estimate of drug-likeness (QED) is 0.906. The first-order valence-electron chi connectivity index (χ1n) is 6.14. The number of nitrogens with one attached hydrogen (secondary N) is 1. The van der Waals surface area contributed by atoms with Crippen LogP contribution in [0.4, 0.5) is 11.4 Å². The highest BCUT2D eigenvalue weighted by molar-refractivity contribution is 6.34. The second kappa shape index (κ2) is 5.67. The molecule has 0 aliphatic carbocycles. The maximum absolute atomic E-state index is 6.32. The largest absolute Gasteiger partial charge is 0.495 e. The van der Waals surface area contributed by atoms with Crippen molar-refractivity contribution in [2.24, 2.45) is 0 Å². The molecule has 1 aliphatic heterocycles. The van der Waals surface area contributed by atoms with Gasteiger partial charge in [-0.3, -0.25) is 0 Å². The highest BCUT2D eigenvalue weighted by Gasteiger charge is 2.16. The molecule has 5 heteroatoms. The molecule has 1 aliphatic rings. The van der Waals surface area contributed by atoms with E-state index < -0.39 is 0 Å². The number of halogens is 1. The molecule has 0 spiro atoms. The van der Waals surface area contributed by atoms with Gasteiger partial charge in [0.2, 0.25) is 0 Å². The molecule has 0 amide bonds. The lowest BCUT2D eigenvalue weighted by Crippen LogP contribution is -2.43. The van der Waals surface area contributed by atoms with Crippen LogP contribution in [0.5, 0.6) is 5.75 Å². The monoisotopic (exact) mass is 269 g/mol. The van der Waals surface area contributed by atoms with Gasteiger partial charge >= 0.3 is 0 Å². The number of anilines is 2. The van der Waals surface area contributed by atoms with Gasteiger partial charge in [0.05, 0.1) is 12.8 Å². The van der Waals surface area contributed by atoms with E-state index in [-0.39, 0.29) is 0 Å². The summed E-state index contributed by atoms with van der Waals surface area (Å²) in [4.78, 5) is 4.36. The van der Waals surface area contributed by atoms with Gasteiger partial charge in [0.15, 0.2) is 0 Å². The number of hydrogen-bond donors (Lipinski definition) is 1. The van der Waals surface area contributed by atoms with Crippen LogP contribution in [0.25, 0.3) is 0 Å². The first-order valence-corrected chi connectivity index (χ1v) is 6.52. The highest BCUT2D eigenvalue weighted by atomic mass is 35.5. The van der Waals surface area contributed by atoms with E-state index in [1.807, 2.05) is 25.1 Å². The molecule has 1 heterocycles. The SMILES string of the molecule is COc1cc(N2CCNCC2)cc(N(C)C)c1Cl. The zero-order valence-corrected chi connectivity index (χ0v) is 11.9. The molecule has 2 rings (SSSR count). The van der Waals surface area contributed by atoms with Gasteiger partial charge in [0, 0.05) is 52.0 Å². The molecular weight excluding hydrogens is 250 g/mol. The van der Waals surface area contributed by atoms with Crippen LogP contribution in [0, 0.1) is 0 Å². The van der Waals surface area contributed by atoms with E-state index in [2.05, 4.69) is 16.3 Å². The molecule has 4 nitrogen and oxygen atoms in total. The standard InChI is InChI=1S/C13H20ClN3O/c1-16(2)11-8-10(9-12(18-3)13(11)14)17-6-4-15-5-7-17/h8-9,15H,4-7H2,1-3H3. The number of benzene rings is 1. The van der Waals surface area contributed by atoms with Gasteiger partial charge in [-0.05, 0) is 6.07 Å². The fourth-order valence-electron chi connectivity index (χ4n) is 2.15. The molecule has 0 atom stereocenters. The Morgan fingerprint density at radius 1 is 1.28 bits per heavy atom. The molecular formula is C13H20ClN3O. The van der Waals surface area contributed by atoms with Gasteiger partial charge in [0.1, 0.15) is 10.8 Å². The summed E-state index contributed by atoms with van der Waals surface area (Å²) in [6, 6.07) is 4.14. The van der Waals surface area contributed by atoms with Gasteiger partial charge in [-0.15, -0.1) is 0 Å². The maximum atomic E-state index is 6.32. The molecule has 1 saturated heterocycles. The van der Waals surface area contributed by atoms with Gasteiger partial charge in [0.25, 0.3) is 0 Å². The Hall–Kier alpha value is -1.13. The minimum atomic E-state index is 0.668. The van der Waals surface area contributed by atoms with Crippen molar-refractivity contribution in [1.82, 2.24) is 5.32 Å². The van der Waals surface area contributed by atoms with E-state index in [4.69, 9.17) is 16.3 Å². The fourth-order valence-corrected chi connectivity index (χ4v) is 2.50. The first kappa shape index (κ1) is 13.3. The van der Waals surface area contributed by atoms with Crippen molar-refractivity contribution in [3.8, 4) is 5.75 Å². The van der Waals surface area contributed by atoms with Crippen molar-refractivity contribution in [2.45, 2.75) is 0 Å². The normalized spacial score (nSPS) is 15.7. The van der Waals surface area contributed by atoms with E-state index in [0.29, 0.717) is 5.02 Å². The third-order valence-electron chi connectivity index (χ3n) is 3.19. The molecule has 0 aromatic heterocycles. The third kappa shape index (κ3) is 2.65. The molecule has 1 aromatic carbocycles. The molecule has 1 aromatic rings. The Bertz CT molecular complexity index is 417. The van der Waals surface area contributed by atoms with E-state index in [1.165, 1.54) is 5.69 Å². The molecule has 18 heavy (non-hydrogen) atoms. The summed E-state index contributed by atoms with van der Waals surface area (Å²) in [7, 11) is 5.63. The first-order chi connectivity index (χ1) is 8.63. The number of rotatable bonds is 3. The van der Waals surface area contributed by atoms with Crippen LogP contribution in [-0.2, 0) is 0 Å². The number of hydrogen-bond acceptors (Lipinski definition) is 4. The number of ether oxygens (including phenoxy) is 1. The van der Waals surface area contributed by atoms with Crippen molar-refractivity contribution in [3.63, 3.8) is 0 Å². The Morgan fingerprint density at radius 3 is 2.50 bits per heavy atom. The Labute approximate surface area is 113 Å². The van der Waals surface area contributed by atoms with Gasteiger partial charge < -0.3 is 19.9 Å². The van der Waals surface area contributed by atoms with Crippen molar-refractivity contribution in [3.05, 3.63) is 17.2 Å². The van der Waals surface area contributed by atoms with Crippen molar-refractivity contribution in [1.29, 1.82) is 0 Å². The Morgan fingerprint density at radius 2 is 1.94 bits per heavy atom. The summed E-state index contributed by atoms with van der Waals surface area (Å²) in [6.45, 7) is 4.06. The van der Waals surface area contributed by atoms with E-state index in [0.717, 1.165) is 37.6 Å². The van der Waals surface area contributed by atoms with E-state index in [9.17, 15) is 0 Å².